The van der Waals surface area contributed by atoms with E-state index in [1.54, 1.807) is 12.3 Å². The number of imidazole rings is 1. The molecule has 4 aromatic rings. The first kappa shape index (κ1) is 19.8. The maximum absolute atomic E-state index is 13.1. The summed E-state index contributed by atoms with van der Waals surface area (Å²) in [5, 5.41) is 11.0. The van der Waals surface area contributed by atoms with Gasteiger partial charge in [-0.25, -0.2) is 22.9 Å². The van der Waals surface area contributed by atoms with Crippen LogP contribution in [0.4, 0.5) is 13.2 Å². The summed E-state index contributed by atoms with van der Waals surface area (Å²) in [6.07, 6.45) is -1.18. The van der Waals surface area contributed by atoms with Crippen LogP contribution >= 0.6 is 0 Å². The van der Waals surface area contributed by atoms with E-state index >= 15 is 0 Å². The molecule has 0 radical (unpaired) electrons. The van der Waals surface area contributed by atoms with Gasteiger partial charge in [-0.2, -0.15) is 18.3 Å². The second-order valence-corrected chi connectivity index (χ2v) is 9.59. The maximum Gasteiger partial charge on any atom is 0.435 e. The third kappa shape index (κ3) is 3.06. The molecule has 31 heavy (non-hydrogen) atoms. The molecule has 1 aliphatic rings. The normalized spacial score (nSPS) is 15.3. The fourth-order valence-electron chi connectivity index (χ4n) is 3.53. The van der Waals surface area contributed by atoms with E-state index in [1.807, 2.05) is 0 Å². The van der Waals surface area contributed by atoms with Crippen LogP contribution in [-0.2, 0) is 23.1 Å². The van der Waals surface area contributed by atoms with Crippen LogP contribution in [0.1, 0.15) is 37.1 Å². The minimum Gasteiger partial charge on any atom is -0.310 e. The summed E-state index contributed by atoms with van der Waals surface area (Å²) in [6.45, 7) is 1.49. The maximum atomic E-state index is 13.1. The quantitative estimate of drug-likeness (QED) is 0.469. The minimum absolute atomic E-state index is 0.0580. The van der Waals surface area contributed by atoms with Crippen LogP contribution in [-0.4, -0.2) is 48.5 Å². The summed E-state index contributed by atoms with van der Waals surface area (Å²) in [5.41, 5.74) is 0.0944. The molecule has 9 nitrogen and oxygen atoms in total. The third-order valence-electron chi connectivity index (χ3n) is 5.32. The van der Waals surface area contributed by atoms with Crippen molar-refractivity contribution in [1.82, 2.24) is 34.3 Å². The first-order chi connectivity index (χ1) is 14.6. The van der Waals surface area contributed by atoms with Crippen molar-refractivity contribution >= 4 is 26.6 Å². The van der Waals surface area contributed by atoms with Crippen LogP contribution in [0.25, 0.3) is 28.2 Å². The van der Waals surface area contributed by atoms with E-state index in [2.05, 4.69) is 25.3 Å². The van der Waals surface area contributed by atoms with E-state index < -0.39 is 21.7 Å². The summed E-state index contributed by atoms with van der Waals surface area (Å²) >= 11 is 0. The molecule has 5 rings (SSSR count). The molecule has 0 aliphatic heterocycles. The fourth-order valence-corrected chi connectivity index (χ4v) is 4.50. The monoisotopic (exact) mass is 451 g/mol. The lowest BCUT2D eigenvalue weighted by Crippen LogP contribution is -2.09. The minimum atomic E-state index is -4.68. The molecule has 0 amide bonds. The Hall–Kier alpha value is -3.09. The Balaban J connectivity index is 1.84. The van der Waals surface area contributed by atoms with Gasteiger partial charge in [0.05, 0.1) is 5.75 Å². The van der Waals surface area contributed by atoms with E-state index in [0.29, 0.717) is 0 Å². The molecule has 1 saturated carbocycles. The predicted molar refractivity (Wildman–Crippen MR) is 103 cm³/mol. The second kappa shape index (κ2) is 6.45. The molecule has 1 aliphatic carbocycles. The molecule has 0 unspecified atom stereocenters. The van der Waals surface area contributed by atoms with Crippen molar-refractivity contribution in [3.05, 3.63) is 29.7 Å². The lowest BCUT2D eigenvalue weighted by Gasteiger charge is -2.04. The summed E-state index contributed by atoms with van der Waals surface area (Å²) in [7, 11) is -2.26. The van der Waals surface area contributed by atoms with Gasteiger partial charge in [-0.3, -0.25) is 0 Å². The van der Waals surface area contributed by atoms with Gasteiger partial charge in [0.2, 0.25) is 0 Å². The number of hydrogen-bond acceptors (Lipinski definition) is 7. The molecule has 4 heterocycles. The molecule has 4 aromatic heterocycles. The lowest BCUT2D eigenvalue weighted by atomic mass is 10.2. The number of hydrogen-bond donors (Lipinski definition) is 0. The standard InChI is InChI=1S/C18H16F3N7O2S/c1-3-31(29,30)17-13(15-22-7-6-11(9-4-5-9)28(15)26-17)16-23-10-8-12(18(19,20)21)24-25-14(10)27(16)2/h6-9H,3-5H2,1-2H3. The number of nitrogens with zero attached hydrogens (tertiary/aromatic N) is 7. The Labute approximate surface area is 173 Å². The molecule has 0 N–H and O–H groups in total. The van der Waals surface area contributed by atoms with Gasteiger partial charge in [-0.1, -0.05) is 6.92 Å². The van der Waals surface area contributed by atoms with E-state index in [9.17, 15) is 21.6 Å². The van der Waals surface area contributed by atoms with Crippen molar-refractivity contribution in [1.29, 1.82) is 0 Å². The molecule has 0 aromatic carbocycles. The Morgan fingerprint density at radius 1 is 1.19 bits per heavy atom. The van der Waals surface area contributed by atoms with Crippen LogP contribution < -0.4 is 0 Å². The van der Waals surface area contributed by atoms with E-state index in [-0.39, 0.29) is 44.9 Å². The van der Waals surface area contributed by atoms with Gasteiger partial charge in [0.1, 0.15) is 16.9 Å². The van der Waals surface area contributed by atoms with Crippen LogP contribution in [0.3, 0.4) is 0 Å². The zero-order valence-corrected chi connectivity index (χ0v) is 17.2. The zero-order valence-electron chi connectivity index (χ0n) is 16.4. The van der Waals surface area contributed by atoms with Crippen molar-refractivity contribution in [3.8, 4) is 11.4 Å². The topological polar surface area (TPSA) is 108 Å². The second-order valence-electron chi connectivity index (χ2n) is 7.39. The molecule has 0 atom stereocenters. The number of rotatable bonds is 4. The number of fused-ring (bicyclic) bond motifs is 2. The number of aromatic nitrogens is 7. The zero-order chi connectivity index (χ0) is 22.1. The van der Waals surface area contributed by atoms with Crippen LogP contribution in [0, 0.1) is 0 Å². The molecular formula is C18H16F3N7O2S. The summed E-state index contributed by atoms with van der Waals surface area (Å²) in [6, 6.07) is 2.58. The molecular weight excluding hydrogens is 435 g/mol. The Morgan fingerprint density at radius 3 is 2.58 bits per heavy atom. The largest absolute Gasteiger partial charge is 0.435 e. The SMILES string of the molecule is CCS(=O)(=O)c1nn2c(C3CC3)ccnc2c1-c1nc2cc(C(F)(F)F)nnc2n1C. The number of halogens is 3. The van der Waals surface area contributed by atoms with Gasteiger partial charge in [0.25, 0.3) is 0 Å². The highest BCUT2D eigenvalue weighted by Crippen LogP contribution is 2.41. The highest BCUT2D eigenvalue weighted by atomic mass is 32.2. The molecule has 0 saturated heterocycles. The number of aryl methyl sites for hydroxylation is 1. The average molecular weight is 451 g/mol. The van der Waals surface area contributed by atoms with Crippen molar-refractivity contribution < 1.29 is 21.6 Å². The number of sulfone groups is 1. The highest BCUT2D eigenvalue weighted by Gasteiger charge is 2.35. The van der Waals surface area contributed by atoms with Crippen LogP contribution in [0.5, 0.6) is 0 Å². The third-order valence-corrected chi connectivity index (χ3v) is 6.95. The first-order valence-corrected chi connectivity index (χ1v) is 11.1. The molecule has 13 heteroatoms. The molecule has 1 fully saturated rings. The summed E-state index contributed by atoms with van der Waals surface area (Å²) in [5.74, 6) is 0.159. The highest BCUT2D eigenvalue weighted by molar-refractivity contribution is 7.91. The average Bonchev–Trinajstić information content (AvgIpc) is 3.42. The van der Waals surface area contributed by atoms with Crippen molar-refractivity contribution in [3.63, 3.8) is 0 Å². The molecule has 0 bridgehead atoms. The Bertz CT molecular complexity index is 1450. The smallest absolute Gasteiger partial charge is 0.310 e. The van der Waals surface area contributed by atoms with Gasteiger partial charge in [0, 0.05) is 30.9 Å². The van der Waals surface area contributed by atoms with Crippen molar-refractivity contribution in [2.45, 2.75) is 36.9 Å². The van der Waals surface area contributed by atoms with Crippen molar-refractivity contribution in [2.75, 3.05) is 5.75 Å². The van der Waals surface area contributed by atoms with E-state index in [4.69, 9.17) is 0 Å². The summed E-state index contributed by atoms with van der Waals surface area (Å²) in [4.78, 5) is 8.61. The van der Waals surface area contributed by atoms with E-state index in [1.165, 1.54) is 23.1 Å². The summed E-state index contributed by atoms with van der Waals surface area (Å²) < 4.78 is 67.8. The lowest BCUT2D eigenvalue weighted by molar-refractivity contribution is -0.141. The molecule has 0 spiro atoms. The number of alkyl halides is 3. The van der Waals surface area contributed by atoms with Gasteiger partial charge in [-0.15, -0.1) is 10.2 Å². The van der Waals surface area contributed by atoms with Crippen LogP contribution in [0.15, 0.2) is 23.4 Å². The van der Waals surface area contributed by atoms with Crippen LogP contribution in [0.2, 0.25) is 0 Å². The van der Waals surface area contributed by atoms with Gasteiger partial charge >= 0.3 is 6.18 Å². The van der Waals surface area contributed by atoms with E-state index in [0.717, 1.165) is 24.6 Å². The first-order valence-electron chi connectivity index (χ1n) is 9.50. The van der Waals surface area contributed by atoms with Gasteiger partial charge in [0.15, 0.2) is 31.9 Å². The van der Waals surface area contributed by atoms with Crippen molar-refractivity contribution in [2.24, 2.45) is 7.05 Å². The van der Waals surface area contributed by atoms with Gasteiger partial charge in [-0.05, 0) is 18.9 Å². The Morgan fingerprint density at radius 2 is 1.94 bits per heavy atom. The predicted octanol–water partition coefficient (Wildman–Crippen LogP) is 2.76. The Kier molecular flexibility index (Phi) is 4.13. The van der Waals surface area contributed by atoms with Gasteiger partial charge < -0.3 is 4.57 Å². The molecule has 162 valence electrons. The fraction of sp³-hybridized carbons (Fsp3) is 0.389.